The first-order chi connectivity index (χ1) is 9.99. The second kappa shape index (κ2) is 6.83. The first-order valence-electron chi connectivity index (χ1n) is 6.41. The fraction of sp³-hybridized carbons (Fsp3) is 0.125. The Morgan fingerprint density at radius 1 is 1.24 bits per heavy atom. The van der Waals surface area contributed by atoms with Gasteiger partial charge in [0.1, 0.15) is 4.99 Å². The largest absolute Gasteiger partial charge is 0.389 e. The zero-order chi connectivity index (χ0) is 15.4. The third-order valence-corrected chi connectivity index (χ3v) is 4.30. The van der Waals surface area contributed by atoms with E-state index in [0.717, 1.165) is 21.2 Å². The van der Waals surface area contributed by atoms with Gasteiger partial charge in [-0.15, -0.1) is 0 Å². The van der Waals surface area contributed by atoms with E-state index in [1.807, 2.05) is 49.4 Å². The van der Waals surface area contributed by atoms with Gasteiger partial charge in [-0.05, 0) is 30.2 Å². The topological polar surface area (TPSA) is 55.1 Å². The number of rotatable bonds is 4. The molecule has 0 unspecified atom stereocenters. The molecule has 0 bridgehead atoms. The van der Waals surface area contributed by atoms with Crippen LogP contribution in [0.3, 0.4) is 0 Å². The van der Waals surface area contributed by atoms with Crippen molar-refractivity contribution in [1.29, 1.82) is 0 Å². The summed E-state index contributed by atoms with van der Waals surface area (Å²) in [5.41, 5.74) is 8.97. The number of carbonyl (C=O) groups is 1. The quantitative estimate of drug-likeness (QED) is 0.820. The molecular formula is C16H15BrN2OS. The van der Waals surface area contributed by atoms with E-state index in [1.165, 1.54) is 0 Å². The van der Waals surface area contributed by atoms with Crippen LogP contribution in [0.5, 0.6) is 0 Å². The Kier molecular flexibility index (Phi) is 5.09. The normalized spacial score (nSPS) is 10.2. The lowest BCUT2D eigenvalue weighted by molar-refractivity contribution is 0.0950. The van der Waals surface area contributed by atoms with Gasteiger partial charge in [0.2, 0.25) is 0 Å². The number of benzene rings is 2. The highest BCUT2D eigenvalue weighted by molar-refractivity contribution is 9.10. The first kappa shape index (κ1) is 15.7. The Bertz CT molecular complexity index is 683. The fourth-order valence-corrected chi connectivity index (χ4v) is 2.42. The molecule has 2 rings (SSSR count). The van der Waals surface area contributed by atoms with Gasteiger partial charge in [-0.2, -0.15) is 0 Å². The molecule has 2 aromatic rings. The highest BCUT2D eigenvalue weighted by Gasteiger charge is 2.10. The molecule has 0 aliphatic rings. The number of thiocarbonyl (C=S) groups is 1. The minimum absolute atomic E-state index is 0.0905. The highest BCUT2D eigenvalue weighted by atomic mass is 79.9. The lowest BCUT2D eigenvalue weighted by Crippen LogP contribution is -2.23. The van der Waals surface area contributed by atoms with Gasteiger partial charge >= 0.3 is 0 Å². The zero-order valence-electron chi connectivity index (χ0n) is 11.5. The summed E-state index contributed by atoms with van der Waals surface area (Å²) < 4.78 is 0.927. The van der Waals surface area contributed by atoms with Crippen LogP contribution in [0.15, 0.2) is 46.9 Å². The highest BCUT2D eigenvalue weighted by Crippen LogP contribution is 2.19. The third-order valence-electron chi connectivity index (χ3n) is 3.20. The van der Waals surface area contributed by atoms with Gasteiger partial charge in [-0.3, -0.25) is 4.79 Å². The summed E-state index contributed by atoms with van der Waals surface area (Å²) in [6.45, 7) is 2.37. The standard InChI is InChI=1S/C16H15BrN2OS/c1-10-13(3-2-4-14(10)17)16(20)19-9-11-5-7-12(8-6-11)15(18)21/h2-8H,9H2,1H3,(H2,18,21)(H,19,20). The van der Waals surface area contributed by atoms with Crippen molar-refractivity contribution in [3.8, 4) is 0 Å². The SMILES string of the molecule is Cc1c(Br)cccc1C(=O)NCc1ccc(C(N)=S)cc1. The molecule has 0 radical (unpaired) electrons. The molecule has 0 aliphatic carbocycles. The zero-order valence-corrected chi connectivity index (χ0v) is 13.9. The van der Waals surface area contributed by atoms with Gasteiger partial charge in [-0.1, -0.05) is 58.5 Å². The summed E-state index contributed by atoms with van der Waals surface area (Å²) in [5, 5.41) is 2.91. The molecule has 0 atom stereocenters. The van der Waals surface area contributed by atoms with Gasteiger partial charge < -0.3 is 11.1 Å². The Morgan fingerprint density at radius 2 is 1.90 bits per heavy atom. The van der Waals surface area contributed by atoms with E-state index in [4.69, 9.17) is 18.0 Å². The molecule has 0 saturated carbocycles. The van der Waals surface area contributed by atoms with Crippen LogP contribution in [0.2, 0.25) is 0 Å². The van der Waals surface area contributed by atoms with E-state index in [0.29, 0.717) is 17.1 Å². The lowest BCUT2D eigenvalue weighted by atomic mass is 10.1. The first-order valence-corrected chi connectivity index (χ1v) is 7.61. The fourth-order valence-electron chi connectivity index (χ4n) is 1.92. The van der Waals surface area contributed by atoms with Crippen molar-refractivity contribution in [3.05, 3.63) is 69.2 Å². The minimum Gasteiger partial charge on any atom is -0.389 e. The van der Waals surface area contributed by atoms with Crippen LogP contribution < -0.4 is 11.1 Å². The maximum absolute atomic E-state index is 12.2. The average Bonchev–Trinajstić information content (AvgIpc) is 2.48. The molecule has 0 heterocycles. The molecule has 3 N–H and O–H groups in total. The molecule has 0 spiro atoms. The van der Waals surface area contributed by atoms with E-state index < -0.39 is 0 Å². The van der Waals surface area contributed by atoms with Gasteiger partial charge in [0.25, 0.3) is 5.91 Å². The summed E-state index contributed by atoms with van der Waals surface area (Å²) in [4.78, 5) is 12.6. The van der Waals surface area contributed by atoms with Gasteiger partial charge in [-0.25, -0.2) is 0 Å². The van der Waals surface area contributed by atoms with Crippen molar-refractivity contribution in [2.75, 3.05) is 0 Å². The van der Waals surface area contributed by atoms with Gasteiger partial charge in [0.05, 0.1) is 0 Å². The maximum atomic E-state index is 12.2. The van der Waals surface area contributed by atoms with E-state index in [1.54, 1.807) is 0 Å². The second-order valence-electron chi connectivity index (χ2n) is 4.66. The Balaban J connectivity index is 2.04. The van der Waals surface area contributed by atoms with Crippen LogP contribution in [-0.4, -0.2) is 10.9 Å². The van der Waals surface area contributed by atoms with E-state index in [9.17, 15) is 4.79 Å². The van der Waals surface area contributed by atoms with Crippen LogP contribution in [0.4, 0.5) is 0 Å². The molecule has 3 nitrogen and oxygen atoms in total. The molecule has 0 aliphatic heterocycles. The van der Waals surface area contributed by atoms with Crippen LogP contribution in [-0.2, 0) is 6.54 Å². The Morgan fingerprint density at radius 3 is 2.52 bits per heavy atom. The Hall–Kier alpha value is -1.72. The molecule has 108 valence electrons. The second-order valence-corrected chi connectivity index (χ2v) is 5.95. The number of amides is 1. The number of nitrogens with one attached hydrogen (secondary N) is 1. The molecule has 5 heteroatoms. The summed E-state index contributed by atoms with van der Waals surface area (Å²) >= 11 is 8.33. The molecule has 2 aromatic carbocycles. The van der Waals surface area contributed by atoms with Crippen molar-refractivity contribution >= 4 is 39.0 Å². The van der Waals surface area contributed by atoms with Crippen LogP contribution in [0, 0.1) is 6.92 Å². The van der Waals surface area contributed by atoms with Gasteiger partial charge in [0.15, 0.2) is 0 Å². The number of halogens is 1. The lowest BCUT2D eigenvalue weighted by Gasteiger charge is -2.09. The van der Waals surface area contributed by atoms with E-state index >= 15 is 0 Å². The smallest absolute Gasteiger partial charge is 0.251 e. The maximum Gasteiger partial charge on any atom is 0.251 e. The van der Waals surface area contributed by atoms with Crippen molar-refractivity contribution in [3.63, 3.8) is 0 Å². The van der Waals surface area contributed by atoms with Crippen LogP contribution in [0.25, 0.3) is 0 Å². The average molecular weight is 363 g/mol. The van der Waals surface area contributed by atoms with E-state index in [-0.39, 0.29) is 5.91 Å². The third kappa shape index (κ3) is 3.89. The molecule has 1 amide bonds. The monoisotopic (exact) mass is 362 g/mol. The molecular weight excluding hydrogens is 348 g/mol. The Labute approximate surface area is 137 Å². The van der Waals surface area contributed by atoms with Crippen LogP contribution >= 0.6 is 28.1 Å². The van der Waals surface area contributed by atoms with Crippen molar-refractivity contribution in [2.45, 2.75) is 13.5 Å². The number of nitrogens with two attached hydrogens (primary N) is 1. The molecule has 21 heavy (non-hydrogen) atoms. The number of hydrogen-bond acceptors (Lipinski definition) is 2. The molecule has 0 saturated heterocycles. The van der Waals surface area contributed by atoms with Crippen LogP contribution in [0.1, 0.15) is 27.0 Å². The summed E-state index contributed by atoms with van der Waals surface area (Å²) in [7, 11) is 0. The van der Waals surface area contributed by atoms with E-state index in [2.05, 4.69) is 21.2 Å². The van der Waals surface area contributed by atoms with Gasteiger partial charge in [0, 0.05) is 22.1 Å². The predicted octanol–water partition coefficient (Wildman–Crippen LogP) is 3.32. The van der Waals surface area contributed by atoms with Crippen molar-refractivity contribution < 1.29 is 4.79 Å². The number of carbonyl (C=O) groups excluding carboxylic acids is 1. The molecule has 0 fully saturated rings. The minimum atomic E-state index is -0.0905. The van der Waals surface area contributed by atoms with Crippen molar-refractivity contribution in [1.82, 2.24) is 5.32 Å². The summed E-state index contributed by atoms with van der Waals surface area (Å²) in [6.07, 6.45) is 0. The summed E-state index contributed by atoms with van der Waals surface area (Å²) in [6, 6.07) is 13.1. The number of hydrogen-bond donors (Lipinski definition) is 2. The predicted molar refractivity (Wildman–Crippen MR) is 92.4 cm³/mol. The van der Waals surface area contributed by atoms with Crippen molar-refractivity contribution in [2.24, 2.45) is 5.73 Å². The summed E-state index contributed by atoms with van der Waals surface area (Å²) in [5.74, 6) is -0.0905. The molecule has 0 aromatic heterocycles.